The zero-order chi connectivity index (χ0) is 13.9. The molecule has 0 fully saturated rings. The molecule has 0 radical (unpaired) electrons. The molecule has 0 aliphatic carbocycles. The molecule has 2 aromatic carbocycles. The predicted octanol–water partition coefficient (Wildman–Crippen LogP) is 2.66. The number of rotatable bonds is 3. The van der Waals surface area contributed by atoms with Crippen molar-refractivity contribution in [1.29, 1.82) is 0 Å². The summed E-state index contributed by atoms with van der Waals surface area (Å²) in [6.45, 7) is 2.03. The first-order valence-corrected chi connectivity index (χ1v) is 6.45. The molecule has 1 heterocycles. The van der Waals surface area contributed by atoms with E-state index < -0.39 is 6.10 Å². The van der Waals surface area contributed by atoms with E-state index in [2.05, 4.69) is 10.2 Å². The van der Waals surface area contributed by atoms with Crippen LogP contribution < -0.4 is 0 Å². The van der Waals surface area contributed by atoms with Gasteiger partial charge in [-0.1, -0.05) is 42.5 Å². The summed E-state index contributed by atoms with van der Waals surface area (Å²) in [6, 6.07) is 17.5. The minimum absolute atomic E-state index is 0.516. The van der Waals surface area contributed by atoms with Crippen LogP contribution in [0.5, 0.6) is 0 Å². The maximum atomic E-state index is 10.5. The molecule has 1 aromatic heterocycles. The van der Waals surface area contributed by atoms with Crippen LogP contribution in [0.15, 0.2) is 60.9 Å². The first-order valence-electron chi connectivity index (χ1n) is 6.45. The van der Waals surface area contributed by atoms with Crippen molar-refractivity contribution in [3.8, 4) is 5.69 Å². The maximum Gasteiger partial charge on any atom is 0.170 e. The van der Waals surface area contributed by atoms with Crippen LogP contribution in [0.25, 0.3) is 5.69 Å². The fraction of sp³-hybridized carbons (Fsp3) is 0.125. The third-order valence-corrected chi connectivity index (χ3v) is 3.21. The van der Waals surface area contributed by atoms with Gasteiger partial charge in [-0.25, -0.2) is 0 Å². The van der Waals surface area contributed by atoms with Crippen molar-refractivity contribution in [3.05, 3.63) is 77.9 Å². The van der Waals surface area contributed by atoms with Crippen LogP contribution >= 0.6 is 0 Å². The minimum atomic E-state index is -0.792. The average molecular weight is 265 g/mol. The zero-order valence-electron chi connectivity index (χ0n) is 11.1. The van der Waals surface area contributed by atoms with Gasteiger partial charge >= 0.3 is 0 Å². The summed E-state index contributed by atoms with van der Waals surface area (Å²) < 4.78 is 1.81. The van der Waals surface area contributed by atoms with Gasteiger partial charge in [0, 0.05) is 5.69 Å². The van der Waals surface area contributed by atoms with Crippen molar-refractivity contribution in [2.75, 3.05) is 0 Å². The number of aliphatic hydroxyl groups excluding tert-OH is 1. The van der Waals surface area contributed by atoms with Gasteiger partial charge in [-0.2, -0.15) is 0 Å². The molecule has 3 aromatic rings. The van der Waals surface area contributed by atoms with Crippen LogP contribution in [-0.2, 0) is 0 Å². The molecule has 0 spiro atoms. The third kappa shape index (κ3) is 2.33. The van der Waals surface area contributed by atoms with Crippen LogP contribution in [0.1, 0.15) is 23.1 Å². The molecule has 1 N–H and O–H groups in total. The molecule has 4 heteroatoms. The van der Waals surface area contributed by atoms with Crippen molar-refractivity contribution in [2.45, 2.75) is 13.0 Å². The SMILES string of the molecule is Cc1cccc(-n2cnnc2[C@@H](O)c2ccccc2)c1. The number of nitrogens with zero attached hydrogens (tertiary/aromatic N) is 3. The molecule has 100 valence electrons. The Labute approximate surface area is 117 Å². The van der Waals surface area contributed by atoms with Crippen LogP contribution in [-0.4, -0.2) is 19.9 Å². The number of aliphatic hydroxyl groups is 1. The molecule has 4 nitrogen and oxygen atoms in total. The number of aryl methyl sites for hydroxylation is 1. The van der Waals surface area contributed by atoms with E-state index in [0.717, 1.165) is 16.8 Å². The topological polar surface area (TPSA) is 50.9 Å². The van der Waals surface area contributed by atoms with Gasteiger partial charge in [0.15, 0.2) is 5.82 Å². The van der Waals surface area contributed by atoms with Gasteiger partial charge in [0.2, 0.25) is 0 Å². The van der Waals surface area contributed by atoms with Crippen molar-refractivity contribution >= 4 is 0 Å². The quantitative estimate of drug-likeness (QED) is 0.792. The molecule has 3 rings (SSSR count). The number of hydrogen-bond donors (Lipinski definition) is 1. The van der Waals surface area contributed by atoms with Gasteiger partial charge in [-0.3, -0.25) is 4.57 Å². The Kier molecular flexibility index (Phi) is 3.31. The van der Waals surface area contributed by atoms with Gasteiger partial charge in [0.1, 0.15) is 12.4 Å². The minimum Gasteiger partial charge on any atom is -0.380 e. The number of benzene rings is 2. The van der Waals surface area contributed by atoms with Gasteiger partial charge in [-0.05, 0) is 30.2 Å². The van der Waals surface area contributed by atoms with Crippen molar-refractivity contribution in [2.24, 2.45) is 0 Å². The highest BCUT2D eigenvalue weighted by molar-refractivity contribution is 5.37. The van der Waals surface area contributed by atoms with E-state index in [9.17, 15) is 5.11 Å². The van der Waals surface area contributed by atoms with Crippen LogP contribution in [0, 0.1) is 6.92 Å². The lowest BCUT2D eigenvalue weighted by Gasteiger charge is -2.12. The molecule has 0 bridgehead atoms. The predicted molar refractivity (Wildman–Crippen MR) is 76.6 cm³/mol. The van der Waals surface area contributed by atoms with Gasteiger partial charge in [0.05, 0.1) is 0 Å². The molecule has 0 saturated carbocycles. The second-order valence-electron chi connectivity index (χ2n) is 4.71. The molecule has 0 aliphatic heterocycles. The Bertz CT molecular complexity index is 707. The van der Waals surface area contributed by atoms with E-state index in [0.29, 0.717) is 5.82 Å². The van der Waals surface area contributed by atoms with Gasteiger partial charge in [0.25, 0.3) is 0 Å². The summed E-state index contributed by atoms with van der Waals surface area (Å²) in [7, 11) is 0. The van der Waals surface area contributed by atoms with Crippen LogP contribution in [0.4, 0.5) is 0 Å². The molecule has 0 amide bonds. The number of hydrogen-bond acceptors (Lipinski definition) is 3. The molecular weight excluding hydrogens is 250 g/mol. The Balaban J connectivity index is 2.03. The molecular formula is C16H15N3O. The summed E-state index contributed by atoms with van der Waals surface area (Å²) in [5, 5.41) is 18.5. The van der Waals surface area contributed by atoms with Gasteiger partial charge in [-0.15, -0.1) is 10.2 Å². The summed E-state index contributed by atoms with van der Waals surface area (Å²) >= 11 is 0. The smallest absolute Gasteiger partial charge is 0.170 e. The van der Waals surface area contributed by atoms with Crippen molar-refractivity contribution in [3.63, 3.8) is 0 Å². The van der Waals surface area contributed by atoms with Gasteiger partial charge < -0.3 is 5.11 Å². The summed E-state index contributed by atoms with van der Waals surface area (Å²) in [5.74, 6) is 0.516. The van der Waals surface area contributed by atoms with Crippen LogP contribution in [0.3, 0.4) is 0 Å². The molecule has 1 atom stereocenters. The van der Waals surface area contributed by atoms with E-state index in [1.54, 1.807) is 6.33 Å². The fourth-order valence-electron chi connectivity index (χ4n) is 2.19. The molecule has 0 unspecified atom stereocenters. The molecule has 0 saturated heterocycles. The Morgan fingerprint density at radius 2 is 1.85 bits per heavy atom. The highest BCUT2D eigenvalue weighted by Crippen LogP contribution is 2.22. The highest BCUT2D eigenvalue weighted by Gasteiger charge is 2.17. The first kappa shape index (κ1) is 12.6. The zero-order valence-corrected chi connectivity index (χ0v) is 11.1. The van der Waals surface area contributed by atoms with E-state index in [4.69, 9.17) is 0 Å². The van der Waals surface area contributed by atoms with E-state index in [1.807, 2.05) is 66.1 Å². The lowest BCUT2D eigenvalue weighted by molar-refractivity contribution is 0.207. The van der Waals surface area contributed by atoms with E-state index in [-0.39, 0.29) is 0 Å². The fourth-order valence-corrected chi connectivity index (χ4v) is 2.19. The normalized spacial score (nSPS) is 12.3. The Morgan fingerprint density at radius 3 is 2.60 bits per heavy atom. The van der Waals surface area contributed by atoms with Crippen LogP contribution in [0.2, 0.25) is 0 Å². The standard InChI is InChI=1S/C16H15N3O/c1-12-6-5-9-14(10-12)19-11-17-18-16(19)15(20)13-7-3-2-4-8-13/h2-11,15,20H,1H3/t15-/m0/s1. The monoisotopic (exact) mass is 265 g/mol. The summed E-state index contributed by atoms with van der Waals surface area (Å²) in [6.07, 6.45) is 0.829. The highest BCUT2D eigenvalue weighted by atomic mass is 16.3. The average Bonchev–Trinajstić information content (AvgIpc) is 2.97. The maximum absolute atomic E-state index is 10.5. The molecule has 20 heavy (non-hydrogen) atoms. The second kappa shape index (κ2) is 5.27. The number of aromatic nitrogens is 3. The summed E-state index contributed by atoms with van der Waals surface area (Å²) in [5.41, 5.74) is 2.89. The van der Waals surface area contributed by atoms with E-state index in [1.165, 1.54) is 0 Å². The summed E-state index contributed by atoms with van der Waals surface area (Å²) in [4.78, 5) is 0. The molecule has 0 aliphatic rings. The third-order valence-electron chi connectivity index (χ3n) is 3.21. The Hall–Kier alpha value is -2.46. The first-order chi connectivity index (χ1) is 9.75. The van der Waals surface area contributed by atoms with Crippen molar-refractivity contribution in [1.82, 2.24) is 14.8 Å². The second-order valence-corrected chi connectivity index (χ2v) is 4.71. The lowest BCUT2D eigenvalue weighted by Crippen LogP contribution is -2.08. The van der Waals surface area contributed by atoms with Crippen molar-refractivity contribution < 1.29 is 5.11 Å². The van der Waals surface area contributed by atoms with E-state index >= 15 is 0 Å². The largest absolute Gasteiger partial charge is 0.380 e. The Morgan fingerprint density at radius 1 is 1.05 bits per heavy atom. The lowest BCUT2D eigenvalue weighted by atomic mass is 10.1.